The van der Waals surface area contributed by atoms with Crippen LogP contribution in [0.2, 0.25) is 0 Å². The second kappa shape index (κ2) is 5.01. The SMILES string of the molecule is C#CCCCNC1CC2CCC(C1)N2C. The normalized spacial score (nSPS) is 35.3. The maximum absolute atomic E-state index is 5.24. The summed E-state index contributed by atoms with van der Waals surface area (Å²) in [6, 6.07) is 2.43. The first-order valence-electron chi connectivity index (χ1n) is 6.20. The molecular formula is C13H22N2. The predicted octanol–water partition coefficient (Wildman–Crippen LogP) is 1.61. The quantitative estimate of drug-likeness (QED) is 0.555. The molecule has 0 spiro atoms. The largest absolute Gasteiger partial charge is 0.314 e. The fourth-order valence-corrected chi connectivity index (χ4v) is 3.07. The predicted molar refractivity (Wildman–Crippen MR) is 63.7 cm³/mol. The summed E-state index contributed by atoms with van der Waals surface area (Å²) in [6.45, 7) is 1.10. The van der Waals surface area contributed by atoms with E-state index in [1.807, 2.05) is 0 Å². The molecule has 1 N–H and O–H groups in total. The van der Waals surface area contributed by atoms with Crippen molar-refractivity contribution >= 4 is 0 Å². The third-order valence-corrected chi connectivity index (χ3v) is 4.03. The highest BCUT2D eigenvalue weighted by molar-refractivity contribution is 4.96. The molecule has 2 nitrogen and oxygen atoms in total. The highest BCUT2D eigenvalue weighted by atomic mass is 15.2. The van der Waals surface area contributed by atoms with Gasteiger partial charge in [0.15, 0.2) is 0 Å². The Morgan fingerprint density at radius 3 is 2.60 bits per heavy atom. The van der Waals surface area contributed by atoms with Crippen LogP contribution in [0.3, 0.4) is 0 Å². The van der Waals surface area contributed by atoms with Crippen LogP contribution < -0.4 is 5.32 Å². The molecule has 2 saturated heterocycles. The van der Waals surface area contributed by atoms with Crippen molar-refractivity contribution in [1.82, 2.24) is 10.2 Å². The van der Waals surface area contributed by atoms with Gasteiger partial charge in [-0.15, -0.1) is 12.3 Å². The molecule has 2 rings (SSSR count). The molecule has 2 bridgehead atoms. The van der Waals surface area contributed by atoms with Gasteiger partial charge in [-0.1, -0.05) is 0 Å². The molecule has 0 aromatic carbocycles. The van der Waals surface area contributed by atoms with Crippen molar-refractivity contribution < 1.29 is 0 Å². The Labute approximate surface area is 93.4 Å². The van der Waals surface area contributed by atoms with E-state index < -0.39 is 0 Å². The van der Waals surface area contributed by atoms with Crippen LogP contribution >= 0.6 is 0 Å². The van der Waals surface area contributed by atoms with Crippen LogP contribution in [0.15, 0.2) is 0 Å². The number of rotatable bonds is 4. The number of terminal acetylenes is 1. The van der Waals surface area contributed by atoms with Gasteiger partial charge in [0.05, 0.1) is 0 Å². The Morgan fingerprint density at radius 1 is 1.33 bits per heavy atom. The molecule has 0 aromatic rings. The van der Waals surface area contributed by atoms with Gasteiger partial charge in [-0.3, -0.25) is 0 Å². The lowest BCUT2D eigenvalue weighted by Gasteiger charge is -2.36. The fraction of sp³-hybridized carbons (Fsp3) is 0.846. The Morgan fingerprint density at radius 2 is 2.00 bits per heavy atom. The van der Waals surface area contributed by atoms with Crippen molar-refractivity contribution in [2.45, 2.75) is 56.7 Å². The molecule has 2 heteroatoms. The molecule has 0 aliphatic carbocycles. The van der Waals surface area contributed by atoms with Gasteiger partial charge >= 0.3 is 0 Å². The molecule has 15 heavy (non-hydrogen) atoms. The van der Waals surface area contributed by atoms with E-state index in [2.05, 4.69) is 23.2 Å². The third kappa shape index (κ3) is 2.53. The number of nitrogens with zero attached hydrogens (tertiary/aromatic N) is 1. The van der Waals surface area contributed by atoms with Gasteiger partial charge < -0.3 is 10.2 Å². The zero-order valence-corrected chi connectivity index (χ0v) is 9.71. The molecule has 2 atom stereocenters. The molecule has 2 unspecified atom stereocenters. The Bertz CT molecular complexity index is 229. The molecule has 0 saturated carbocycles. The van der Waals surface area contributed by atoms with Crippen molar-refractivity contribution in [3.8, 4) is 12.3 Å². The number of unbranched alkanes of at least 4 members (excludes halogenated alkanes) is 1. The van der Waals surface area contributed by atoms with Crippen LogP contribution in [0.4, 0.5) is 0 Å². The standard InChI is InChI=1S/C13H22N2/c1-3-4-5-8-14-11-9-12-6-7-13(10-11)15(12)2/h1,11-14H,4-10H2,2H3. The van der Waals surface area contributed by atoms with Crippen LogP contribution in [0, 0.1) is 12.3 Å². The van der Waals surface area contributed by atoms with E-state index in [4.69, 9.17) is 6.42 Å². The average molecular weight is 206 g/mol. The molecular weight excluding hydrogens is 184 g/mol. The van der Waals surface area contributed by atoms with E-state index in [9.17, 15) is 0 Å². The van der Waals surface area contributed by atoms with Gasteiger partial charge in [0, 0.05) is 24.5 Å². The molecule has 2 aliphatic heterocycles. The zero-order valence-electron chi connectivity index (χ0n) is 9.71. The smallest absolute Gasteiger partial charge is 0.0111 e. The highest BCUT2D eigenvalue weighted by Crippen LogP contribution is 2.34. The van der Waals surface area contributed by atoms with E-state index in [-0.39, 0.29) is 0 Å². The maximum Gasteiger partial charge on any atom is 0.0111 e. The van der Waals surface area contributed by atoms with E-state index in [1.165, 1.54) is 25.7 Å². The number of hydrogen-bond acceptors (Lipinski definition) is 2. The second-order valence-electron chi connectivity index (χ2n) is 4.98. The average Bonchev–Trinajstić information content (AvgIpc) is 2.50. The summed E-state index contributed by atoms with van der Waals surface area (Å²) in [5.74, 6) is 2.69. The molecule has 0 aromatic heterocycles. The number of piperidine rings is 1. The summed E-state index contributed by atoms with van der Waals surface area (Å²) in [6.07, 6.45) is 12.8. The summed E-state index contributed by atoms with van der Waals surface area (Å²) in [5, 5.41) is 3.66. The van der Waals surface area contributed by atoms with Gasteiger partial charge in [-0.05, 0) is 45.7 Å². The fourth-order valence-electron chi connectivity index (χ4n) is 3.07. The van der Waals surface area contributed by atoms with E-state index in [1.54, 1.807) is 0 Å². The molecule has 2 aliphatic rings. The zero-order chi connectivity index (χ0) is 10.7. The monoisotopic (exact) mass is 206 g/mol. The van der Waals surface area contributed by atoms with Gasteiger partial charge in [-0.2, -0.15) is 0 Å². The second-order valence-corrected chi connectivity index (χ2v) is 4.98. The number of hydrogen-bond donors (Lipinski definition) is 1. The maximum atomic E-state index is 5.24. The third-order valence-electron chi connectivity index (χ3n) is 4.03. The summed E-state index contributed by atoms with van der Waals surface area (Å²) < 4.78 is 0. The van der Waals surface area contributed by atoms with E-state index in [0.717, 1.165) is 37.5 Å². The molecule has 0 radical (unpaired) electrons. The van der Waals surface area contributed by atoms with Gasteiger partial charge in [0.2, 0.25) is 0 Å². The highest BCUT2D eigenvalue weighted by Gasteiger charge is 2.37. The first kappa shape index (κ1) is 11.0. The minimum absolute atomic E-state index is 0.747. The van der Waals surface area contributed by atoms with E-state index >= 15 is 0 Å². The molecule has 0 amide bonds. The first-order chi connectivity index (χ1) is 7.31. The minimum Gasteiger partial charge on any atom is -0.314 e. The van der Waals surface area contributed by atoms with Crippen LogP contribution in [-0.2, 0) is 0 Å². The first-order valence-corrected chi connectivity index (χ1v) is 6.20. The Balaban J connectivity index is 1.70. The molecule has 2 fully saturated rings. The molecule has 84 valence electrons. The summed E-state index contributed by atoms with van der Waals surface area (Å²) in [4.78, 5) is 2.58. The minimum atomic E-state index is 0.747. The van der Waals surface area contributed by atoms with Crippen LogP contribution in [0.25, 0.3) is 0 Å². The van der Waals surface area contributed by atoms with Crippen molar-refractivity contribution in [1.29, 1.82) is 0 Å². The van der Waals surface area contributed by atoms with Gasteiger partial charge in [-0.25, -0.2) is 0 Å². The van der Waals surface area contributed by atoms with Crippen LogP contribution in [0.1, 0.15) is 38.5 Å². The van der Waals surface area contributed by atoms with Crippen molar-refractivity contribution in [2.75, 3.05) is 13.6 Å². The number of fused-ring (bicyclic) bond motifs is 2. The topological polar surface area (TPSA) is 15.3 Å². The Hall–Kier alpha value is -0.520. The lowest BCUT2D eigenvalue weighted by molar-refractivity contribution is 0.149. The summed E-state index contributed by atoms with van der Waals surface area (Å²) >= 11 is 0. The van der Waals surface area contributed by atoms with Crippen LogP contribution in [-0.4, -0.2) is 36.6 Å². The van der Waals surface area contributed by atoms with Crippen molar-refractivity contribution in [3.05, 3.63) is 0 Å². The van der Waals surface area contributed by atoms with Gasteiger partial charge in [0.25, 0.3) is 0 Å². The summed E-state index contributed by atoms with van der Waals surface area (Å²) in [5.41, 5.74) is 0. The Kier molecular flexibility index (Phi) is 3.66. The van der Waals surface area contributed by atoms with Crippen molar-refractivity contribution in [2.24, 2.45) is 0 Å². The summed E-state index contributed by atoms with van der Waals surface area (Å²) in [7, 11) is 2.29. The number of nitrogens with one attached hydrogen (secondary N) is 1. The molecule has 2 heterocycles. The van der Waals surface area contributed by atoms with E-state index in [0.29, 0.717) is 0 Å². The lowest BCUT2D eigenvalue weighted by atomic mass is 9.98. The van der Waals surface area contributed by atoms with Crippen molar-refractivity contribution in [3.63, 3.8) is 0 Å². The van der Waals surface area contributed by atoms with Crippen LogP contribution in [0.5, 0.6) is 0 Å². The van der Waals surface area contributed by atoms with Gasteiger partial charge in [0.1, 0.15) is 0 Å². The lowest BCUT2D eigenvalue weighted by Crippen LogP contribution is -2.47.